The van der Waals surface area contributed by atoms with Crippen LogP contribution in [0.5, 0.6) is 5.75 Å². The second kappa shape index (κ2) is 7.22. The van der Waals surface area contributed by atoms with Crippen LogP contribution in [0.4, 0.5) is 5.69 Å². The molecular formula is C13H16N2O6. The van der Waals surface area contributed by atoms with Gasteiger partial charge in [-0.1, -0.05) is 6.07 Å². The van der Waals surface area contributed by atoms with Gasteiger partial charge < -0.3 is 14.7 Å². The second-order valence-electron chi connectivity index (χ2n) is 4.07. The number of carboxylic acid groups (broad SMARTS) is 1. The van der Waals surface area contributed by atoms with Crippen LogP contribution < -0.4 is 4.74 Å². The van der Waals surface area contributed by atoms with Crippen molar-refractivity contribution < 1.29 is 24.4 Å². The number of nitro benzene ring substituents is 1. The Morgan fingerprint density at radius 3 is 2.43 bits per heavy atom. The molecular weight excluding hydrogens is 280 g/mol. The van der Waals surface area contributed by atoms with E-state index >= 15 is 0 Å². The molecule has 1 rings (SSSR count). The van der Waals surface area contributed by atoms with E-state index in [-0.39, 0.29) is 18.3 Å². The highest BCUT2D eigenvalue weighted by molar-refractivity contribution is 5.95. The molecule has 1 amide bonds. The zero-order valence-corrected chi connectivity index (χ0v) is 11.7. The van der Waals surface area contributed by atoms with Gasteiger partial charge in [-0.05, 0) is 19.9 Å². The summed E-state index contributed by atoms with van der Waals surface area (Å²) in [7, 11) is 0. The van der Waals surface area contributed by atoms with Crippen LogP contribution in [0.25, 0.3) is 0 Å². The normalized spacial score (nSPS) is 10.0. The number of carbonyl (C=O) groups excluding carboxylic acids is 1. The SMILES string of the molecule is CCN(CC)C(=O)COc1cccc([N+](=O)[O-])c1C(=O)O. The number of aromatic carboxylic acids is 1. The molecule has 0 saturated carbocycles. The molecule has 0 spiro atoms. The Labute approximate surface area is 121 Å². The van der Waals surface area contributed by atoms with Crippen molar-refractivity contribution in [2.75, 3.05) is 19.7 Å². The maximum absolute atomic E-state index is 11.8. The Kier molecular flexibility index (Phi) is 5.65. The molecule has 0 bridgehead atoms. The lowest BCUT2D eigenvalue weighted by atomic mass is 10.1. The second-order valence-corrected chi connectivity index (χ2v) is 4.07. The summed E-state index contributed by atoms with van der Waals surface area (Å²) in [6.45, 7) is 4.23. The maximum atomic E-state index is 11.8. The first-order valence-corrected chi connectivity index (χ1v) is 6.33. The first kappa shape index (κ1) is 16.4. The highest BCUT2D eigenvalue weighted by Crippen LogP contribution is 2.28. The van der Waals surface area contributed by atoms with Crippen molar-refractivity contribution in [3.05, 3.63) is 33.9 Å². The minimum absolute atomic E-state index is 0.197. The number of amides is 1. The molecule has 0 atom stereocenters. The summed E-state index contributed by atoms with van der Waals surface area (Å²) in [6, 6.07) is 3.66. The quantitative estimate of drug-likeness (QED) is 0.603. The van der Waals surface area contributed by atoms with Crippen molar-refractivity contribution in [1.82, 2.24) is 4.90 Å². The number of likely N-dealkylation sites (N-methyl/N-ethyl adjacent to an activating group) is 1. The van der Waals surface area contributed by atoms with E-state index in [9.17, 15) is 19.7 Å². The van der Waals surface area contributed by atoms with Gasteiger partial charge in [0.1, 0.15) is 5.75 Å². The number of rotatable bonds is 7. The third-order valence-corrected chi connectivity index (χ3v) is 2.88. The van der Waals surface area contributed by atoms with E-state index in [0.717, 1.165) is 6.07 Å². The number of nitro groups is 1. The van der Waals surface area contributed by atoms with E-state index < -0.39 is 22.1 Å². The van der Waals surface area contributed by atoms with Crippen molar-refractivity contribution in [1.29, 1.82) is 0 Å². The van der Waals surface area contributed by atoms with E-state index in [2.05, 4.69) is 0 Å². The van der Waals surface area contributed by atoms with E-state index in [1.165, 1.54) is 17.0 Å². The number of hydrogen-bond donors (Lipinski definition) is 1. The molecule has 0 heterocycles. The third-order valence-electron chi connectivity index (χ3n) is 2.88. The zero-order valence-electron chi connectivity index (χ0n) is 11.7. The van der Waals surface area contributed by atoms with Crippen LogP contribution in [0.3, 0.4) is 0 Å². The lowest BCUT2D eigenvalue weighted by Crippen LogP contribution is -2.34. The number of carbonyl (C=O) groups is 2. The Hall–Kier alpha value is -2.64. The minimum atomic E-state index is -1.48. The standard InChI is InChI=1S/C13H16N2O6/c1-3-14(4-2)11(16)8-21-10-7-5-6-9(15(19)20)12(10)13(17)18/h5-7H,3-4,8H2,1-2H3,(H,17,18). The summed E-state index contributed by atoms with van der Waals surface area (Å²) in [5, 5.41) is 19.9. The average Bonchev–Trinajstić information content (AvgIpc) is 2.45. The topological polar surface area (TPSA) is 110 Å². The maximum Gasteiger partial charge on any atom is 0.346 e. The van der Waals surface area contributed by atoms with Crippen molar-refractivity contribution in [3.63, 3.8) is 0 Å². The molecule has 0 aliphatic rings. The smallest absolute Gasteiger partial charge is 0.346 e. The summed E-state index contributed by atoms with van der Waals surface area (Å²) in [5.41, 5.74) is -1.13. The number of carboxylic acids is 1. The molecule has 0 aliphatic heterocycles. The summed E-state index contributed by atoms with van der Waals surface area (Å²) >= 11 is 0. The number of benzene rings is 1. The molecule has 0 saturated heterocycles. The summed E-state index contributed by atoms with van der Waals surface area (Å²) in [5.74, 6) is -1.99. The van der Waals surface area contributed by atoms with Crippen LogP contribution in [0.15, 0.2) is 18.2 Å². The van der Waals surface area contributed by atoms with Crippen LogP contribution >= 0.6 is 0 Å². The van der Waals surface area contributed by atoms with Crippen molar-refractivity contribution in [2.45, 2.75) is 13.8 Å². The number of nitrogens with zero attached hydrogens (tertiary/aromatic N) is 2. The molecule has 0 aliphatic carbocycles. The van der Waals surface area contributed by atoms with Crippen LogP contribution in [0.1, 0.15) is 24.2 Å². The first-order chi connectivity index (χ1) is 9.92. The Bertz CT molecular complexity index is 554. The van der Waals surface area contributed by atoms with Gasteiger partial charge in [-0.15, -0.1) is 0 Å². The molecule has 0 unspecified atom stereocenters. The number of hydrogen-bond acceptors (Lipinski definition) is 5. The van der Waals surface area contributed by atoms with Gasteiger partial charge in [-0.25, -0.2) is 4.79 Å². The van der Waals surface area contributed by atoms with Gasteiger partial charge in [0, 0.05) is 19.2 Å². The van der Waals surface area contributed by atoms with Gasteiger partial charge in [-0.2, -0.15) is 0 Å². The molecule has 1 aromatic carbocycles. The highest BCUT2D eigenvalue weighted by atomic mass is 16.6. The zero-order chi connectivity index (χ0) is 16.0. The van der Waals surface area contributed by atoms with Crippen molar-refractivity contribution in [2.24, 2.45) is 0 Å². The van der Waals surface area contributed by atoms with E-state index in [1.54, 1.807) is 13.8 Å². The highest BCUT2D eigenvalue weighted by Gasteiger charge is 2.25. The summed E-state index contributed by atoms with van der Waals surface area (Å²) in [4.78, 5) is 34.5. The van der Waals surface area contributed by atoms with E-state index in [0.29, 0.717) is 13.1 Å². The van der Waals surface area contributed by atoms with Crippen LogP contribution in [-0.2, 0) is 4.79 Å². The van der Waals surface area contributed by atoms with Crippen LogP contribution in [0, 0.1) is 10.1 Å². The first-order valence-electron chi connectivity index (χ1n) is 6.33. The van der Waals surface area contributed by atoms with Gasteiger partial charge in [0.15, 0.2) is 12.2 Å². The monoisotopic (exact) mass is 296 g/mol. The van der Waals surface area contributed by atoms with Gasteiger partial charge in [0.05, 0.1) is 4.92 Å². The lowest BCUT2D eigenvalue weighted by Gasteiger charge is -2.19. The molecule has 21 heavy (non-hydrogen) atoms. The lowest BCUT2D eigenvalue weighted by molar-refractivity contribution is -0.385. The fraction of sp³-hybridized carbons (Fsp3) is 0.385. The Morgan fingerprint density at radius 2 is 1.95 bits per heavy atom. The molecule has 1 N–H and O–H groups in total. The van der Waals surface area contributed by atoms with Crippen molar-refractivity contribution in [3.8, 4) is 5.75 Å². The van der Waals surface area contributed by atoms with E-state index in [4.69, 9.17) is 9.84 Å². The molecule has 8 nitrogen and oxygen atoms in total. The molecule has 1 aromatic rings. The predicted octanol–water partition coefficient (Wildman–Crippen LogP) is 1.54. The fourth-order valence-corrected chi connectivity index (χ4v) is 1.81. The van der Waals surface area contributed by atoms with Gasteiger partial charge in [-0.3, -0.25) is 14.9 Å². The van der Waals surface area contributed by atoms with Gasteiger partial charge in [0.2, 0.25) is 0 Å². The third kappa shape index (κ3) is 3.91. The molecule has 0 aromatic heterocycles. The molecule has 114 valence electrons. The molecule has 0 radical (unpaired) electrons. The predicted molar refractivity (Wildman–Crippen MR) is 73.5 cm³/mol. The van der Waals surface area contributed by atoms with Gasteiger partial charge >= 0.3 is 5.97 Å². The largest absolute Gasteiger partial charge is 0.483 e. The Balaban J connectivity index is 2.99. The number of ether oxygens (including phenoxy) is 1. The summed E-state index contributed by atoms with van der Waals surface area (Å²) in [6.07, 6.45) is 0. The van der Waals surface area contributed by atoms with Crippen LogP contribution in [0.2, 0.25) is 0 Å². The van der Waals surface area contributed by atoms with Crippen LogP contribution in [-0.4, -0.2) is 46.5 Å². The minimum Gasteiger partial charge on any atom is -0.483 e. The summed E-state index contributed by atoms with van der Waals surface area (Å²) < 4.78 is 5.16. The Morgan fingerprint density at radius 1 is 1.33 bits per heavy atom. The van der Waals surface area contributed by atoms with E-state index in [1.807, 2.05) is 0 Å². The van der Waals surface area contributed by atoms with Gasteiger partial charge in [0.25, 0.3) is 11.6 Å². The molecule has 8 heteroatoms. The molecule has 0 fully saturated rings. The fourth-order valence-electron chi connectivity index (χ4n) is 1.81. The van der Waals surface area contributed by atoms with Crippen molar-refractivity contribution >= 4 is 17.6 Å². The average molecular weight is 296 g/mol.